The van der Waals surface area contributed by atoms with Crippen molar-refractivity contribution in [1.29, 1.82) is 0 Å². The van der Waals surface area contributed by atoms with E-state index in [0.717, 1.165) is 36.8 Å². The number of hydrogen-bond donors (Lipinski definition) is 2. The Balaban J connectivity index is 1.77. The minimum Gasteiger partial charge on any atom is -0.347 e. The molecule has 0 aliphatic carbocycles. The van der Waals surface area contributed by atoms with Gasteiger partial charge in [0, 0.05) is 18.0 Å². The molecule has 2 heterocycles. The fourth-order valence-corrected chi connectivity index (χ4v) is 2.43. The van der Waals surface area contributed by atoms with Crippen LogP contribution in [0.2, 0.25) is 0 Å². The molecular weight excluding hydrogens is 238 g/mol. The molecule has 0 radical (unpaired) electrons. The zero-order valence-corrected chi connectivity index (χ0v) is 10.7. The molecule has 0 unspecified atom stereocenters. The molecule has 1 aliphatic heterocycles. The van der Waals surface area contributed by atoms with Crippen LogP contribution in [0.25, 0.3) is 10.9 Å². The normalized spacial score (nSPS) is 19.3. The minimum atomic E-state index is -0.0838. The number of carbonyl (C=O) groups excluding carboxylic acids is 1. The number of amides is 1. The van der Waals surface area contributed by atoms with E-state index in [1.54, 1.807) is 6.07 Å². The van der Waals surface area contributed by atoms with E-state index in [4.69, 9.17) is 0 Å². The lowest BCUT2D eigenvalue weighted by molar-refractivity contribution is 0.0926. The maximum atomic E-state index is 12.2. The van der Waals surface area contributed by atoms with Gasteiger partial charge in [0.25, 0.3) is 5.91 Å². The van der Waals surface area contributed by atoms with E-state index in [1.165, 1.54) is 0 Å². The first-order chi connectivity index (χ1) is 9.33. The third-order valence-electron chi connectivity index (χ3n) is 3.46. The Morgan fingerprint density at radius 3 is 3.00 bits per heavy atom. The zero-order valence-electron chi connectivity index (χ0n) is 10.7. The first kappa shape index (κ1) is 12.1. The van der Waals surface area contributed by atoms with Gasteiger partial charge < -0.3 is 10.6 Å². The number of carbonyl (C=O) groups is 1. The molecule has 2 N–H and O–H groups in total. The molecule has 1 amide bonds. The van der Waals surface area contributed by atoms with Gasteiger partial charge in [-0.2, -0.15) is 0 Å². The van der Waals surface area contributed by atoms with Crippen LogP contribution in [0.5, 0.6) is 0 Å². The Hall–Kier alpha value is -1.94. The third kappa shape index (κ3) is 2.74. The maximum Gasteiger partial charge on any atom is 0.270 e. The van der Waals surface area contributed by atoms with Crippen molar-refractivity contribution in [3.8, 4) is 0 Å². The Bertz CT molecular complexity index is 591. The molecule has 1 aliphatic rings. The second-order valence-corrected chi connectivity index (χ2v) is 4.91. The van der Waals surface area contributed by atoms with Crippen LogP contribution in [0.3, 0.4) is 0 Å². The summed E-state index contributed by atoms with van der Waals surface area (Å²) in [5, 5.41) is 7.38. The van der Waals surface area contributed by atoms with Crippen molar-refractivity contribution in [3.63, 3.8) is 0 Å². The van der Waals surface area contributed by atoms with Gasteiger partial charge >= 0.3 is 0 Å². The van der Waals surface area contributed by atoms with Crippen molar-refractivity contribution in [2.45, 2.75) is 18.9 Å². The molecule has 4 nitrogen and oxygen atoms in total. The van der Waals surface area contributed by atoms with Gasteiger partial charge in [-0.25, -0.2) is 4.98 Å². The molecule has 1 saturated heterocycles. The van der Waals surface area contributed by atoms with E-state index in [-0.39, 0.29) is 11.9 Å². The van der Waals surface area contributed by atoms with E-state index in [2.05, 4.69) is 15.6 Å². The number of para-hydroxylation sites is 1. The van der Waals surface area contributed by atoms with Crippen LogP contribution in [0, 0.1) is 0 Å². The molecule has 1 fully saturated rings. The van der Waals surface area contributed by atoms with Gasteiger partial charge in [0.05, 0.1) is 5.52 Å². The maximum absolute atomic E-state index is 12.2. The van der Waals surface area contributed by atoms with Crippen molar-refractivity contribution in [2.75, 3.05) is 13.1 Å². The van der Waals surface area contributed by atoms with Gasteiger partial charge in [-0.3, -0.25) is 4.79 Å². The molecule has 98 valence electrons. The summed E-state index contributed by atoms with van der Waals surface area (Å²) in [6.45, 7) is 1.89. The average molecular weight is 255 g/mol. The predicted molar refractivity (Wildman–Crippen MR) is 75.1 cm³/mol. The van der Waals surface area contributed by atoms with Gasteiger partial charge in [-0.1, -0.05) is 24.3 Å². The van der Waals surface area contributed by atoms with Gasteiger partial charge in [-0.15, -0.1) is 0 Å². The highest BCUT2D eigenvalue weighted by Gasteiger charge is 2.17. The van der Waals surface area contributed by atoms with Crippen LogP contribution < -0.4 is 10.6 Å². The number of aromatic nitrogens is 1. The van der Waals surface area contributed by atoms with E-state index in [1.807, 2.05) is 30.3 Å². The lowest BCUT2D eigenvalue weighted by Crippen LogP contribution is -2.45. The standard InChI is InChI=1S/C15H17N3O/c19-15(17-12-5-3-9-16-10-12)14-8-7-11-4-1-2-6-13(11)18-14/h1-2,4,6-8,12,16H,3,5,9-10H2,(H,17,19)/t12-/m0/s1. The second-order valence-electron chi connectivity index (χ2n) is 4.91. The summed E-state index contributed by atoms with van der Waals surface area (Å²) in [6.07, 6.45) is 2.14. The molecule has 1 atom stereocenters. The molecule has 1 aromatic carbocycles. The van der Waals surface area contributed by atoms with Crippen molar-refractivity contribution >= 4 is 16.8 Å². The van der Waals surface area contributed by atoms with E-state index >= 15 is 0 Å². The lowest BCUT2D eigenvalue weighted by Gasteiger charge is -2.23. The third-order valence-corrected chi connectivity index (χ3v) is 3.46. The SMILES string of the molecule is O=C(N[C@H]1CCCNC1)c1ccc2ccccc2n1. The number of rotatable bonds is 2. The average Bonchev–Trinajstić information content (AvgIpc) is 2.48. The number of nitrogens with one attached hydrogen (secondary N) is 2. The van der Waals surface area contributed by atoms with Gasteiger partial charge in [0.2, 0.25) is 0 Å². The number of nitrogens with zero attached hydrogens (tertiary/aromatic N) is 1. The van der Waals surface area contributed by atoms with E-state index in [9.17, 15) is 4.79 Å². The Labute approximate surface area is 112 Å². The summed E-state index contributed by atoms with van der Waals surface area (Å²) in [7, 11) is 0. The first-order valence-electron chi connectivity index (χ1n) is 6.70. The highest BCUT2D eigenvalue weighted by Crippen LogP contribution is 2.12. The molecule has 3 rings (SSSR count). The fourth-order valence-electron chi connectivity index (χ4n) is 2.43. The van der Waals surface area contributed by atoms with Crippen molar-refractivity contribution < 1.29 is 4.79 Å². The van der Waals surface area contributed by atoms with E-state index in [0.29, 0.717) is 5.69 Å². The molecule has 0 saturated carbocycles. The van der Waals surface area contributed by atoms with Crippen LogP contribution in [0.15, 0.2) is 36.4 Å². The number of pyridine rings is 1. The van der Waals surface area contributed by atoms with Gasteiger partial charge in [0.15, 0.2) is 0 Å². The minimum absolute atomic E-state index is 0.0838. The molecule has 0 spiro atoms. The lowest BCUT2D eigenvalue weighted by atomic mass is 10.1. The van der Waals surface area contributed by atoms with Crippen LogP contribution in [-0.4, -0.2) is 30.0 Å². The monoisotopic (exact) mass is 255 g/mol. The predicted octanol–water partition coefficient (Wildman–Crippen LogP) is 1.72. The molecule has 2 aromatic rings. The van der Waals surface area contributed by atoms with Crippen molar-refractivity contribution in [1.82, 2.24) is 15.6 Å². The van der Waals surface area contributed by atoms with Crippen LogP contribution in [0.1, 0.15) is 23.3 Å². The number of fused-ring (bicyclic) bond motifs is 1. The largest absolute Gasteiger partial charge is 0.347 e. The summed E-state index contributed by atoms with van der Waals surface area (Å²) in [4.78, 5) is 16.6. The number of hydrogen-bond acceptors (Lipinski definition) is 3. The molecule has 19 heavy (non-hydrogen) atoms. The topological polar surface area (TPSA) is 54.0 Å². The Morgan fingerprint density at radius 2 is 2.16 bits per heavy atom. The first-order valence-corrected chi connectivity index (χ1v) is 6.70. The number of benzene rings is 1. The molecular formula is C15H17N3O. The van der Waals surface area contributed by atoms with Crippen LogP contribution in [0.4, 0.5) is 0 Å². The zero-order chi connectivity index (χ0) is 13.1. The summed E-state index contributed by atoms with van der Waals surface area (Å²) < 4.78 is 0. The Kier molecular flexibility index (Phi) is 3.42. The Morgan fingerprint density at radius 1 is 1.26 bits per heavy atom. The van der Waals surface area contributed by atoms with Gasteiger partial charge in [-0.05, 0) is 31.5 Å². The van der Waals surface area contributed by atoms with Crippen molar-refractivity contribution in [2.24, 2.45) is 0 Å². The highest BCUT2D eigenvalue weighted by molar-refractivity contribution is 5.95. The smallest absolute Gasteiger partial charge is 0.270 e. The summed E-state index contributed by atoms with van der Waals surface area (Å²) in [5.41, 5.74) is 1.35. The summed E-state index contributed by atoms with van der Waals surface area (Å²) >= 11 is 0. The number of piperidine rings is 1. The molecule has 1 aromatic heterocycles. The fraction of sp³-hybridized carbons (Fsp3) is 0.333. The highest BCUT2D eigenvalue weighted by atomic mass is 16.1. The van der Waals surface area contributed by atoms with Crippen LogP contribution in [-0.2, 0) is 0 Å². The molecule has 0 bridgehead atoms. The summed E-state index contributed by atoms with van der Waals surface area (Å²) in [5.74, 6) is -0.0838. The van der Waals surface area contributed by atoms with Crippen molar-refractivity contribution in [3.05, 3.63) is 42.1 Å². The van der Waals surface area contributed by atoms with Gasteiger partial charge in [0.1, 0.15) is 5.69 Å². The molecule has 4 heteroatoms. The quantitative estimate of drug-likeness (QED) is 0.859. The second kappa shape index (κ2) is 5.36. The van der Waals surface area contributed by atoms with Crippen LogP contribution >= 0.6 is 0 Å². The summed E-state index contributed by atoms with van der Waals surface area (Å²) in [6, 6.07) is 11.8. The van der Waals surface area contributed by atoms with E-state index < -0.39 is 0 Å².